The Morgan fingerprint density at radius 1 is 1.62 bits per heavy atom. The highest BCUT2D eigenvalue weighted by Gasteiger charge is 2.19. The molecule has 1 aliphatic rings. The molecule has 8 heavy (non-hydrogen) atoms. The fourth-order valence-electron chi connectivity index (χ4n) is 0.999. The summed E-state index contributed by atoms with van der Waals surface area (Å²) in [7, 11) is 0. The zero-order chi connectivity index (χ0) is 5.98. The van der Waals surface area contributed by atoms with Crippen molar-refractivity contribution in [2.45, 2.75) is 32.0 Å². The van der Waals surface area contributed by atoms with Gasteiger partial charge < -0.3 is 4.74 Å². The van der Waals surface area contributed by atoms with Gasteiger partial charge >= 0.3 is 0 Å². The molecular formula is C6H11ClO. The molecular weight excluding hydrogens is 124 g/mol. The number of hydrogen-bond acceptors (Lipinski definition) is 1. The van der Waals surface area contributed by atoms with Gasteiger partial charge in [0.1, 0.15) is 0 Å². The average Bonchev–Trinajstić information content (AvgIpc) is 2.14. The van der Waals surface area contributed by atoms with E-state index in [1.54, 1.807) is 0 Å². The summed E-state index contributed by atoms with van der Waals surface area (Å²) < 4.78 is 5.38. The van der Waals surface area contributed by atoms with E-state index >= 15 is 0 Å². The molecule has 0 bridgehead atoms. The molecule has 2 atom stereocenters. The summed E-state index contributed by atoms with van der Waals surface area (Å²) in [5.41, 5.74) is 0. The van der Waals surface area contributed by atoms with Crippen LogP contribution in [0, 0.1) is 0 Å². The predicted molar refractivity (Wildman–Crippen MR) is 34.3 cm³/mol. The molecule has 0 aromatic carbocycles. The quantitative estimate of drug-likeness (QED) is 0.497. The van der Waals surface area contributed by atoms with Crippen LogP contribution < -0.4 is 0 Å². The van der Waals surface area contributed by atoms with Crippen LogP contribution in [0.4, 0.5) is 0 Å². The van der Waals surface area contributed by atoms with E-state index in [4.69, 9.17) is 16.3 Å². The summed E-state index contributed by atoms with van der Waals surface area (Å²) in [4.78, 5) is 0. The van der Waals surface area contributed by atoms with Gasteiger partial charge in [-0.25, -0.2) is 0 Å². The molecule has 1 aliphatic heterocycles. The summed E-state index contributed by atoms with van der Waals surface area (Å²) in [6.07, 6.45) is 3.10. The van der Waals surface area contributed by atoms with Gasteiger partial charge in [0.2, 0.25) is 0 Å². The van der Waals surface area contributed by atoms with Crippen molar-refractivity contribution < 1.29 is 4.74 Å². The Hall–Kier alpha value is 0.250. The van der Waals surface area contributed by atoms with Crippen molar-refractivity contribution in [3.63, 3.8) is 0 Å². The molecule has 0 radical (unpaired) electrons. The minimum atomic E-state index is 0.340. The minimum absolute atomic E-state index is 0.340. The average molecular weight is 135 g/mol. The molecule has 0 spiro atoms. The molecule has 1 heterocycles. The Morgan fingerprint density at radius 2 is 2.38 bits per heavy atom. The van der Waals surface area contributed by atoms with Crippen LogP contribution in [0.15, 0.2) is 0 Å². The van der Waals surface area contributed by atoms with Crippen molar-refractivity contribution in [3.05, 3.63) is 0 Å². The lowest BCUT2D eigenvalue weighted by molar-refractivity contribution is 0.0692. The maximum Gasteiger partial charge on any atom is 0.0714 e. The Kier molecular flexibility index (Phi) is 2.15. The highest BCUT2D eigenvalue weighted by atomic mass is 35.5. The maximum absolute atomic E-state index is 5.55. The fraction of sp³-hybridized carbons (Fsp3) is 1.00. The zero-order valence-electron chi connectivity index (χ0n) is 5.06. The largest absolute Gasteiger partial charge is 0.374 e. The first-order valence-electron chi connectivity index (χ1n) is 3.04. The van der Waals surface area contributed by atoms with Crippen molar-refractivity contribution in [1.29, 1.82) is 0 Å². The second kappa shape index (κ2) is 2.70. The first kappa shape index (κ1) is 6.37. The zero-order valence-corrected chi connectivity index (χ0v) is 5.82. The third-order valence-corrected chi connectivity index (χ3v) is 1.84. The van der Waals surface area contributed by atoms with Crippen molar-refractivity contribution in [2.24, 2.45) is 0 Å². The standard InChI is InChI=1S/C6H11ClO/c1-5-2-3-6(4-7)8-5/h5-6H,2-4H2,1H3/t5-,6+/m1/s1. The summed E-state index contributed by atoms with van der Waals surface area (Å²) in [6.45, 7) is 2.09. The van der Waals surface area contributed by atoms with E-state index < -0.39 is 0 Å². The van der Waals surface area contributed by atoms with Gasteiger partial charge in [0.15, 0.2) is 0 Å². The highest BCUT2D eigenvalue weighted by molar-refractivity contribution is 6.18. The van der Waals surface area contributed by atoms with E-state index in [1.807, 2.05) is 0 Å². The molecule has 1 nitrogen and oxygen atoms in total. The molecule has 1 rings (SSSR count). The van der Waals surface area contributed by atoms with Crippen LogP contribution in [-0.4, -0.2) is 18.1 Å². The normalized spacial score (nSPS) is 38.2. The number of rotatable bonds is 1. The summed E-state index contributed by atoms with van der Waals surface area (Å²) >= 11 is 5.55. The minimum Gasteiger partial charge on any atom is -0.374 e. The number of ether oxygens (including phenoxy) is 1. The Morgan fingerprint density at radius 3 is 2.62 bits per heavy atom. The van der Waals surface area contributed by atoms with E-state index in [-0.39, 0.29) is 0 Å². The van der Waals surface area contributed by atoms with Gasteiger partial charge in [0, 0.05) is 5.88 Å². The SMILES string of the molecule is C[C@@H]1CC[C@@H](CCl)O1. The second-order valence-electron chi connectivity index (χ2n) is 2.30. The highest BCUT2D eigenvalue weighted by Crippen LogP contribution is 2.19. The van der Waals surface area contributed by atoms with Crippen LogP contribution in [0.2, 0.25) is 0 Å². The van der Waals surface area contributed by atoms with E-state index in [2.05, 4.69) is 6.92 Å². The summed E-state index contributed by atoms with van der Waals surface area (Å²) in [6, 6.07) is 0. The Balaban J connectivity index is 2.22. The van der Waals surface area contributed by atoms with E-state index in [0.717, 1.165) is 6.42 Å². The molecule has 0 amide bonds. The van der Waals surface area contributed by atoms with Crippen LogP contribution in [0.3, 0.4) is 0 Å². The van der Waals surface area contributed by atoms with Gasteiger partial charge in [-0.05, 0) is 19.8 Å². The maximum atomic E-state index is 5.55. The predicted octanol–water partition coefficient (Wildman–Crippen LogP) is 1.79. The van der Waals surface area contributed by atoms with E-state index in [0.29, 0.717) is 18.1 Å². The van der Waals surface area contributed by atoms with Gasteiger partial charge in [-0.3, -0.25) is 0 Å². The lowest BCUT2D eigenvalue weighted by Gasteiger charge is -2.04. The van der Waals surface area contributed by atoms with Crippen LogP contribution in [0.25, 0.3) is 0 Å². The molecule has 0 unspecified atom stereocenters. The van der Waals surface area contributed by atoms with Gasteiger partial charge in [0.05, 0.1) is 12.2 Å². The summed E-state index contributed by atoms with van der Waals surface area (Å²) in [5.74, 6) is 0.657. The molecule has 0 saturated carbocycles. The van der Waals surface area contributed by atoms with Crippen molar-refractivity contribution in [3.8, 4) is 0 Å². The van der Waals surface area contributed by atoms with Crippen LogP contribution in [-0.2, 0) is 4.74 Å². The second-order valence-corrected chi connectivity index (χ2v) is 2.61. The lowest BCUT2D eigenvalue weighted by atomic mass is 10.2. The molecule has 2 heteroatoms. The van der Waals surface area contributed by atoms with Gasteiger partial charge in [-0.2, -0.15) is 0 Å². The van der Waals surface area contributed by atoms with Crippen molar-refractivity contribution in [1.82, 2.24) is 0 Å². The van der Waals surface area contributed by atoms with Gasteiger partial charge in [0.25, 0.3) is 0 Å². The fourth-order valence-corrected chi connectivity index (χ4v) is 1.23. The van der Waals surface area contributed by atoms with Crippen molar-refractivity contribution in [2.75, 3.05) is 5.88 Å². The molecule has 0 aliphatic carbocycles. The van der Waals surface area contributed by atoms with Crippen molar-refractivity contribution >= 4 is 11.6 Å². The number of halogens is 1. The molecule has 1 saturated heterocycles. The smallest absolute Gasteiger partial charge is 0.0714 e. The first-order chi connectivity index (χ1) is 3.83. The van der Waals surface area contributed by atoms with Gasteiger partial charge in [-0.1, -0.05) is 0 Å². The Labute approximate surface area is 55.0 Å². The molecule has 0 aromatic rings. The molecule has 0 N–H and O–H groups in total. The molecule has 48 valence electrons. The van der Waals surface area contributed by atoms with Crippen LogP contribution in [0.5, 0.6) is 0 Å². The summed E-state index contributed by atoms with van der Waals surface area (Å²) in [5, 5.41) is 0. The van der Waals surface area contributed by atoms with E-state index in [1.165, 1.54) is 6.42 Å². The third kappa shape index (κ3) is 1.36. The lowest BCUT2D eigenvalue weighted by Crippen LogP contribution is -2.08. The molecule has 0 aromatic heterocycles. The van der Waals surface area contributed by atoms with Crippen LogP contribution >= 0.6 is 11.6 Å². The first-order valence-corrected chi connectivity index (χ1v) is 3.58. The topological polar surface area (TPSA) is 9.23 Å². The third-order valence-electron chi connectivity index (χ3n) is 1.49. The van der Waals surface area contributed by atoms with Gasteiger partial charge in [-0.15, -0.1) is 11.6 Å². The number of hydrogen-bond donors (Lipinski definition) is 0. The monoisotopic (exact) mass is 134 g/mol. The van der Waals surface area contributed by atoms with E-state index in [9.17, 15) is 0 Å². The Bertz CT molecular complexity index is 74.9. The number of alkyl halides is 1. The van der Waals surface area contributed by atoms with Crippen LogP contribution in [0.1, 0.15) is 19.8 Å². The molecule has 1 fully saturated rings.